The van der Waals surface area contributed by atoms with Gasteiger partial charge in [-0.1, -0.05) is 0 Å². The van der Waals surface area contributed by atoms with E-state index in [2.05, 4.69) is 9.97 Å². The van der Waals surface area contributed by atoms with Gasteiger partial charge in [-0.2, -0.15) is 5.26 Å². The fourth-order valence-corrected chi connectivity index (χ4v) is 4.21. The second kappa shape index (κ2) is 9.44. The highest BCUT2D eigenvalue weighted by Crippen LogP contribution is 2.40. The second-order valence-electron chi connectivity index (χ2n) is 8.36. The minimum Gasteiger partial charge on any atom is -0.493 e. The van der Waals surface area contributed by atoms with E-state index in [4.69, 9.17) is 9.47 Å². The van der Waals surface area contributed by atoms with Crippen LogP contribution in [-0.2, 0) is 4.79 Å². The summed E-state index contributed by atoms with van der Waals surface area (Å²) in [5.41, 5.74) is 0.565. The van der Waals surface area contributed by atoms with Crippen molar-refractivity contribution in [3.8, 4) is 23.3 Å². The monoisotopic (exact) mass is 522 g/mol. The van der Waals surface area contributed by atoms with Gasteiger partial charge in [0, 0.05) is 17.2 Å². The van der Waals surface area contributed by atoms with E-state index in [1.807, 2.05) is 6.07 Å². The van der Waals surface area contributed by atoms with Gasteiger partial charge in [0.05, 0.1) is 41.1 Å². The number of imidazole rings is 1. The van der Waals surface area contributed by atoms with Gasteiger partial charge in [0.25, 0.3) is 5.91 Å². The van der Waals surface area contributed by atoms with Crippen molar-refractivity contribution in [2.45, 2.75) is 18.6 Å². The van der Waals surface area contributed by atoms with Crippen molar-refractivity contribution in [1.82, 2.24) is 9.97 Å². The number of fused-ring (bicyclic) bond motifs is 2. The number of nitrogens with zero attached hydrogens (tertiary/aromatic N) is 3. The summed E-state index contributed by atoms with van der Waals surface area (Å²) in [5, 5.41) is 19.0. The summed E-state index contributed by atoms with van der Waals surface area (Å²) in [6.45, 7) is 0.176. The first-order valence-corrected chi connectivity index (χ1v) is 11.2. The number of carbonyl (C=O) groups excluding carboxylic acids is 1. The quantitative estimate of drug-likeness (QED) is 0.338. The molecule has 0 fully saturated rings. The number of carbonyl (C=O) groups is 2. The van der Waals surface area contributed by atoms with Crippen LogP contribution in [0.25, 0.3) is 11.0 Å². The minimum atomic E-state index is -5.00. The number of carboxylic acids is 1. The lowest BCUT2D eigenvalue weighted by atomic mass is 9.91. The molecule has 1 aliphatic rings. The molecule has 1 unspecified atom stereocenters. The third kappa shape index (κ3) is 4.57. The van der Waals surface area contributed by atoms with Crippen LogP contribution in [0.1, 0.15) is 33.8 Å². The second-order valence-corrected chi connectivity index (χ2v) is 8.36. The average Bonchev–Trinajstić information content (AvgIpc) is 3.35. The topological polar surface area (TPSA) is 129 Å². The number of nitrogens with one attached hydrogen (secondary N) is 1. The third-order valence-electron chi connectivity index (χ3n) is 6.02. The Labute approximate surface area is 212 Å². The lowest BCUT2D eigenvalue weighted by Crippen LogP contribution is -2.43. The highest BCUT2D eigenvalue weighted by molar-refractivity contribution is 6.07. The van der Waals surface area contributed by atoms with Crippen molar-refractivity contribution in [2.24, 2.45) is 0 Å². The maximum atomic E-state index is 13.9. The molecule has 0 aliphatic carbocycles. The first kappa shape index (κ1) is 24.6. The van der Waals surface area contributed by atoms with E-state index in [-0.39, 0.29) is 52.0 Å². The van der Waals surface area contributed by atoms with Gasteiger partial charge in [-0.05, 0) is 55.0 Å². The Balaban J connectivity index is 1.41. The van der Waals surface area contributed by atoms with Gasteiger partial charge in [-0.25, -0.2) is 9.88 Å². The van der Waals surface area contributed by atoms with Crippen molar-refractivity contribution in [3.05, 3.63) is 77.6 Å². The van der Waals surface area contributed by atoms with Gasteiger partial charge in [-0.3, -0.25) is 9.59 Å². The largest absolute Gasteiger partial charge is 0.493 e. The molecule has 12 heteroatoms. The van der Waals surface area contributed by atoms with Gasteiger partial charge in [0.2, 0.25) is 0 Å². The molecule has 192 valence electrons. The number of amides is 1. The summed E-state index contributed by atoms with van der Waals surface area (Å²) in [6, 6.07) is 13.4. The lowest BCUT2D eigenvalue weighted by molar-refractivity contribution is -0.139. The Hall–Kier alpha value is -5.05. The van der Waals surface area contributed by atoms with Crippen LogP contribution in [0.3, 0.4) is 0 Å². The maximum Gasteiger partial charge on any atom is 0.491 e. The maximum absolute atomic E-state index is 13.9. The molecule has 9 nitrogen and oxygen atoms in total. The number of aliphatic carboxylic acids is 1. The Bertz CT molecular complexity index is 1590. The van der Waals surface area contributed by atoms with Crippen molar-refractivity contribution in [1.29, 1.82) is 5.26 Å². The summed E-state index contributed by atoms with van der Waals surface area (Å²) >= 11 is 0. The number of aromatic amines is 1. The number of halogens is 3. The van der Waals surface area contributed by atoms with Crippen LogP contribution in [0.2, 0.25) is 0 Å². The number of aromatic nitrogens is 2. The molecule has 0 spiro atoms. The Morgan fingerprint density at radius 3 is 2.61 bits per heavy atom. The smallest absolute Gasteiger partial charge is 0.491 e. The van der Waals surface area contributed by atoms with E-state index in [0.717, 1.165) is 6.07 Å². The summed E-state index contributed by atoms with van der Waals surface area (Å²) in [4.78, 5) is 30.9. The van der Waals surface area contributed by atoms with Crippen LogP contribution in [0.5, 0.6) is 17.2 Å². The number of ether oxygens (including phenoxy) is 2. The summed E-state index contributed by atoms with van der Waals surface area (Å²) < 4.78 is 53.0. The molecular formula is C26H17F3N4O5. The zero-order valence-electron chi connectivity index (χ0n) is 19.3. The minimum absolute atomic E-state index is 0.0538. The molecule has 3 aromatic carbocycles. The highest BCUT2D eigenvalue weighted by atomic mass is 19.4. The molecule has 4 aromatic rings. The normalized spacial score (nSPS) is 14.7. The summed E-state index contributed by atoms with van der Waals surface area (Å²) in [7, 11) is 0. The molecule has 5 rings (SSSR count). The van der Waals surface area contributed by atoms with Crippen molar-refractivity contribution in [2.75, 3.05) is 11.5 Å². The molecule has 1 atom stereocenters. The van der Waals surface area contributed by atoms with E-state index in [1.165, 1.54) is 54.9 Å². The summed E-state index contributed by atoms with van der Waals surface area (Å²) in [6.07, 6.45) is -3.41. The van der Waals surface area contributed by atoms with E-state index in [9.17, 15) is 33.1 Å². The van der Waals surface area contributed by atoms with E-state index < -0.39 is 24.1 Å². The Morgan fingerprint density at radius 2 is 1.92 bits per heavy atom. The van der Waals surface area contributed by atoms with Crippen molar-refractivity contribution < 1.29 is 37.3 Å². The number of alkyl halides is 3. The number of carboxylic acid groups (broad SMARTS) is 1. The van der Waals surface area contributed by atoms with Crippen LogP contribution in [0, 0.1) is 11.3 Å². The number of anilines is 1. The predicted molar refractivity (Wildman–Crippen MR) is 127 cm³/mol. The van der Waals surface area contributed by atoms with E-state index in [0.29, 0.717) is 16.6 Å². The van der Waals surface area contributed by atoms with Gasteiger partial charge >= 0.3 is 12.3 Å². The Morgan fingerprint density at radius 1 is 1.16 bits per heavy atom. The van der Waals surface area contributed by atoms with Crippen molar-refractivity contribution >= 4 is 28.6 Å². The number of hydrogen-bond acceptors (Lipinski definition) is 6. The number of hydrogen-bond donors (Lipinski definition) is 2. The fraction of sp³-hybridized carbons (Fsp3) is 0.154. The van der Waals surface area contributed by atoms with Crippen LogP contribution >= 0.6 is 0 Å². The van der Waals surface area contributed by atoms with Crippen LogP contribution in [-0.4, -0.2) is 39.9 Å². The predicted octanol–water partition coefficient (Wildman–Crippen LogP) is 5.34. The molecule has 1 aromatic heterocycles. The molecule has 38 heavy (non-hydrogen) atoms. The Kier molecular flexibility index (Phi) is 6.12. The van der Waals surface area contributed by atoms with E-state index in [1.54, 1.807) is 0 Å². The highest BCUT2D eigenvalue weighted by Gasteiger charge is 2.43. The molecule has 0 saturated carbocycles. The van der Waals surface area contributed by atoms with Crippen molar-refractivity contribution in [3.63, 3.8) is 0 Å². The lowest BCUT2D eigenvalue weighted by Gasteiger charge is -2.25. The van der Waals surface area contributed by atoms with Gasteiger partial charge in [0.15, 0.2) is 0 Å². The van der Waals surface area contributed by atoms with Gasteiger partial charge < -0.3 is 19.6 Å². The third-order valence-corrected chi connectivity index (χ3v) is 6.02. The first-order valence-electron chi connectivity index (χ1n) is 11.2. The molecule has 0 radical (unpaired) electrons. The zero-order chi connectivity index (χ0) is 27.0. The molecule has 2 heterocycles. The number of H-pyrrole nitrogens is 1. The van der Waals surface area contributed by atoms with Crippen LogP contribution in [0.4, 0.5) is 18.9 Å². The van der Waals surface area contributed by atoms with E-state index >= 15 is 0 Å². The molecule has 0 saturated heterocycles. The molecular weight excluding hydrogens is 505 g/mol. The number of nitriles is 1. The van der Waals surface area contributed by atoms with Gasteiger partial charge in [-0.15, -0.1) is 13.2 Å². The van der Waals surface area contributed by atoms with Crippen LogP contribution < -0.4 is 14.4 Å². The molecule has 1 aliphatic heterocycles. The molecule has 1 amide bonds. The summed E-state index contributed by atoms with van der Waals surface area (Å²) in [5.74, 6) is -2.69. The van der Waals surface area contributed by atoms with Gasteiger partial charge in [0.1, 0.15) is 23.3 Å². The average molecular weight is 522 g/mol. The SMILES string of the molecule is N#Cc1cc2c(cc1Oc1ccc(C(=O)N(c3ccc4nc[nH]c4c3)C(F)(F)F)cc1)OCCC2C(=O)O. The zero-order valence-corrected chi connectivity index (χ0v) is 19.3. The standard InChI is InChI=1S/C26H17F3N4O5/c27-26(28,29)33(16-3-6-20-21(10-16)32-13-31-20)24(34)14-1-4-17(5-2-14)38-22-11-23-19(9-15(22)12-30)18(25(35)36)7-8-37-23/h1-6,9-11,13,18H,7-8H2,(H,31,32)(H,35,36). The molecule has 2 N–H and O–H groups in total. The first-order chi connectivity index (χ1) is 18.2. The number of rotatable bonds is 5. The number of benzene rings is 3. The fourth-order valence-electron chi connectivity index (χ4n) is 4.21. The van der Waals surface area contributed by atoms with Crippen LogP contribution in [0.15, 0.2) is 60.9 Å². The molecule has 0 bridgehead atoms.